The highest BCUT2D eigenvalue weighted by Crippen LogP contribution is 2.66. The maximum absolute atomic E-state index is 6.74. The van der Waals surface area contributed by atoms with Crippen LogP contribution in [0.4, 0.5) is 0 Å². The van der Waals surface area contributed by atoms with Crippen LogP contribution in [0.15, 0.2) is 146 Å². The van der Waals surface area contributed by atoms with Crippen LogP contribution in [-0.2, 0) is 5.41 Å². The molecule has 1 aliphatic heterocycles. The molecule has 3 heteroatoms. The van der Waals surface area contributed by atoms with E-state index in [4.69, 9.17) is 9.47 Å². The molecule has 0 bridgehead atoms. The van der Waals surface area contributed by atoms with E-state index in [9.17, 15) is 0 Å². The minimum Gasteiger partial charge on any atom is -0.449 e. The first kappa shape index (κ1) is 24.7. The van der Waals surface area contributed by atoms with E-state index in [0.29, 0.717) is 0 Å². The number of fused-ring (bicyclic) bond motifs is 16. The Kier molecular flexibility index (Phi) is 4.69. The van der Waals surface area contributed by atoms with Crippen LogP contribution in [0.5, 0.6) is 23.0 Å². The molecule has 0 amide bonds. The molecule has 8 aromatic rings. The Morgan fingerprint density at radius 3 is 1.93 bits per heavy atom. The van der Waals surface area contributed by atoms with Gasteiger partial charge in [-0.15, -0.1) is 11.3 Å². The molecule has 0 unspecified atom stereocenters. The van der Waals surface area contributed by atoms with Crippen molar-refractivity contribution < 1.29 is 9.47 Å². The van der Waals surface area contributed by atoms with Crippen LogP contribution in [0.3, 0.4) is 0 Å². The third-order valence-corrected chi connectivity index (χ3v) is 11.4. The molecular formula is C43H24O2S. The summed E-state index contributed by atoms with van der Waals surface area (Å²) in [5, 5.41) is 2.63. The number of ether oxygens (including phenoxy) is 2. The van der Waals surface area contributed by atoms with Gasteiger partial charge in [0.1, 0.15) is 0 Å². The molecule has 0 saturated carbocycles. The molecule has 2 nitrogen and oxygen atoms in total. The number of rotatable bonds is 1. The molecule has 214 valence electrons. The van der Waals surface area contributed by atoms with Gasteiger partial charge in [0.25, 0.3) is 0 Å². The van der Waals surface area contributed by atoms with Crippen LogP contribution in [0, 0.1) is 0 Å². The van der Waals surface area contributed by atoms with Gasteiger partial charge in [-0.05, 0) is 80.4 Å². The molecule has 0 radical (unpaired) electrons. The lowest BCUT2D eigenvalue weighted by Crippen LogP contribution is -2.26. The Morgan fingerprint density at radius 2 is 1.11 bits per heavy atom. The summed E-state index contributed by atoms with van der Waals surface area (Å²) in [5.74, 6) is 3.02. The van der Waals surface area contributed by atoms with E-state index in [0.717, 1.165) is 28.6 Å². The van der Waals surface area contributed by atoms with E-state index in [1.165, 1.54) is 70.2 Å². The number of para-hydroxylation sites is 2. The third-order valence-electron chi connectivity index (χ3n) is 10.2. The fourth-order valence-electron chi connectivity index (χ4n) is 8.35. The molecule has 3 aliphatic rings. The highest BCUT2D eigenvalue weighted by atomic mass is 32.1. The van der Waals surface area contributed by atoms with Crippen LogP contribution in [-0.4, -0.2) is 0 Å². The number of hydrogen-bond donors (Lipinski definition) is 0. The minimum absolute atomic E-state index is 0.489. The van der Waals surface area contributed by atoms with E-state index in [2.05, 4.69) is 121 Å². The lowest BCUT2D eigenvalue weighted by atomic mass is 9.70. The summed E-state index contributed by atoms with van der Waals surface area (Å²) in [6.07, 6.45) is 0. The van der Waals surface area contributed by atoms with Crippen molar-refractivity contribution in [3.05, 3.63) is 168 Å². The summed E-state index contributed by atoms with van der Waals surface area (Å²) in [6, 6.07) is 52.7. The molecule has 1 spiro atoms. The normalized spacial score (nSPS) is 14.2. The van der Waals surface area contributed by atoms with Crippen LogP contribution in [0.1, 0.15) is 22.3 Å². The molecule has 7 aromatic carbocycles. The Morgan fingerprint density at radius 1 is 0.435 bits per heavy atom. The van der Waals surface area contributed by atoms with Gasteiger partial charge in [-0.1, -0.05) is 115 Å². The molecule has 2 heterocycles. The lowest BCUT2D eigenvalue weighted by Gasteiger charge is -2.31. The summed E-state index contributed by atoms with van der Waals surface area (Å²) in [7, 11) is 0. The Bertz CT molecular complexity index is 2560. The zero-order valence-electron chi connectivity index (χ0n) is 24.6. The van der Waals surface area contributed by atoms with Crippen LogP contribution in [0.2, 0.25) is 0 Å². The standard InChI is InChI=1S/C43H24O2S/c1-4-15-32-27(10-1)28-11-2-5-16-33(28)43(32)34-22-23-38-41(45-37-18-7-6-17-36(37)44-38)40(34)31-21-20-25(24-35(31)43)26-13-9-14-30-29-12-3-8-19-39(29)46-42(26)30/h1-24H. The molecule has 0 fully saturated rings. The number of hydrogen-bond acceptors (Lipinski definition) is 3. The van der Waals surface area contributed by atoms with Crippen LogP contribution >= 0.6 is 11.3 Å². The summed E-state index contributed by atoms with van der Waals surface area (Å²) < 4.78 is 15.8. The van der Waals surface area contributed by atoms with E-state index in [1.807, 2.05) is 35.6 Å². The second-order valence-corrected chi connectivity index (χ2v) is 13.4. The predicted molar refractivity (Wildman–Crippen MR) is 188 cm³/mol. The van der Waals surface area contributed by atoms with Gasteiger partial charge in [-0.25, -0.2) is 0 Å². The molecule has 0 N–H and O–H groups in total. The highest BCUT2D eigenvalue weighted by molar-refractivity contribution is 7.26. The zero-order valence-corrected chi connectivity index (χ0v) is 25.4. The highest BCUT2D eigenvalue weighted by Gasteiger charge is 2.53. The molecular weight excluding hydrogens is 581 g/mol. The van der Waals surface area contributed by atoms with Gasteiger partial charge < -0.3 is 9.47 Å². The van der Waals surface area contributed by atoms with E-state index in [-0.39, 0.29) is 0 Å². The SMILES string of the molecule is c1ccc2c(c1)Oc1ccc3c(c1O2)-c1ccc(-c2cccc4c2sc2ccccc24)cc1C31c2ccccc2-c2ccccc21. The summed E-state index contributed by atoms with van der Waals surface area (Å²) in [5.41, 5.74) is 12.0. The Hall–Kier alpha value is -5.64. The van der Waals surface area contributed by atoms with Gasteiger partial charge in [-0.2, -0.15) is 0 Å². The largest absolute Gasteiger partial charge is 0.449 e. The van der Waals surface area contributed by atoms with Gasteiger partial charge in [0, 0.05) is 25.7 Å². The van der Waals surface area contributed by atoms with Crippen LogP contribution in [0.25, 0.3) is 53.6 Å². The summed E-state index contributed by atoms with van der Waals surface area (Å²) in [6.45, 7) is 0. The van der Waals surface area contributed by atoms with Gasteiger partial charge in [0.15, 0.2) is 23.0 Å². The maximum Gasteiger partial charge on any atom is 0.178 e. The Labute approximate surface area is 269 Å². The van der Waals surface area contributed by atoms with Crippen molar-refractivity contribution in [3.8, 4) is 56.4 Å². The third kappa shape index (κ3) is 2.97. The fraction of sp³-hybridized carbons (Fsp3) is 0.0233. The molecule has 2 aliphatic carbocycles. The molecule has 11 rings (SSSR count). The van der Waals surface area contributed by atoms with Gasteiger partial charge >= 0.3 is 0 Å². The van der Waals surface area contributed by atoms with Crippen molar-refractivity contribution in [2.45, 2.75) is 5.41 Å². The smallest absolute Gasteiger partial charge is 0.178 e. The Balaban J connectivity index is 1.24. The summed E-state index contributed by atoms with van der Waals surface area (Å²) >= 11 is 1.88. The van der Waals surface area contributed by atoms with E-state index >= 15 is 0 Å². The zero-order chi connectivity index (χ0) is 30.0. The number of benzene rings is 7. The van der Waals surface area contributed by atoms with Gasteiger partial charge in [0.2, 0.25) is 0 Å². The average Bonchev–Trinajstić information content (AvgIpc) is 3.74. The molecule has 46 heavy (non-hydrogen) atoms. The van der Waals surface area contributed by atoms with Crippen LogP contribution < -0.4 is 9.47 Å². The molecule has 0 saturated heterocycles. The average molecular weight is 605 g/mol. The first-order valence-corrected chi connectivity index (χ1v) is 16.5. The van der Waals surface area contributed by atoms with E-state index in [1.54, 1.807) is 0 Å². The van der Waals surface area contributed by atoms with Crippen molar-refractivity contribution in [1.82, 2.24) is 0 Å². The second-order valence-electron chi connectivity index (χ2n) is 12.3. The van der Waals surface area contributed by atoms with Crippen molar-refractivity contribution in [2.24, 2.45) is 0 Å². The van der Waals surface area contributed by atoms with E-state index < -0.39 is 5.41 Å². The molecule has 0 atom stereocenters. The number of thiophene rings is 1. The monoisotopic (exact) mass is 604 g/mol. The van der Waals surface area contributed by atoms with Crippen molar-refractivity contribution in [2.75, 3.05) is 0 Å². The topological polar surface area (TPSA) is 18.5 Å². The molecule has 1 aromatic heterocycles. The van der Waals surface area contributed by atoms with Crippen molar-refractivity contribution in [3.63, 3.8) is 0 Å². The first-order chi connectivity index (χ1) is 22.8. The van der Waals surface area contributed by atoms with Crippen molar-refractivity contribution >= 4 is 31.5 Å². The summed E-state index contributed by atoms with van der Waals surface area (Å²) in [4.78, 5) is 0. The van der Waals surface area contributed by atoms with Gasteiger partial charge in [-0.3, -0.25) is 0 Å². The van der Waals surface area contributed by atoms with Crippen molar-refractivity contribution in [1.29, 1.82) is 0 Å². The lowest BCUT2D eigenvalue weighted by molar-refractivity contribution is 0.360. The predicted octanol–water partition coefficient (Wildman–Crippen LogP) is 12.0. The van der Waals surface area contributed by atoms with Gasteiger partial charge in [0.05, 0.1) is 5.41 Å². The minimum atomic E-state index is -0.489. The quantitative estimate of drug-likeness (QED) is 0.186. The maximum atomic E-state index is 6.74. The second kappa shape index (κ2) is 8.75. The first-order valence-electron chi connectivity index (χ1n) is 15.7. The fourth-order valence-corrected chi connectivity index (χ4v) is 9.59.